The molecule has 0 saturated heterocycles. The van der Waals surface area contributed by atoms with Crippen LogP contribution in [0.1, 0.15) is 19.6 Å². The van der Waals surface area contributed by atoms with E-state index in [9.17, 15) is 4.79 Å². The summed E-state index contributed by atoms with van der Waals surface area (Å²) in [5.74, 6) is 2.22. The van der Waals surface area contributed by atoms with Gasteiger partial charge < -0.3 is 24.6 Å². The predicted molar refractivity (Wildman–Crippen MR) is 106 cm³/mol. The normalized spacial score (nSPS) is 10.6. The Morgan fingerprint density at radius 2 is 1.93 bits per heavy atom. The van der Waals surface area contributed by atoms with Gasteiger partial charge >= 0.3 is 6.03 Å². The van der Waals surface area contributed by atoms with Gasteiger partial charge in [0.05, 0.1) is 12.3 Å². The lowest BCUT2D eigenvalue weighted by Gasteiger charge is -2.09. The molecule has 2 amide bonds. The predicted octanol–water partition coefficient (Wildman–Crippen LogP) is 3.18. The van der Waals surface area contributed by atoms with E-state index in [0.717, 1.165) is 5.56 Å². The van der Waals surface area contributed by atoms with Crippen LogP contribution in [0.15, 0.2) is 47.2 Å². The second kappa shape index (κ2) is 9.54. The van der Waals surface area contributed by atoms with E-state index >= 15 is 0 Å². The van der Waals surface area contributed by atoms with Gasteiger partial charge in [-0.2, -0.15) is 0 Å². The number of ether oxygens (including phenoxy) is 2. The molecule has 2 N–H and O–H groups in total. The van der Waals surface area contributed by atoms with Crippen molar-refractivity contribution < 1.29 is 18.8 Å². The Kier molecular flexibility index (Phi) is 6.62. The third kappa shape index (κ3) is 5.93. The van der Waals surface area contributed by atoms with Crippen molar-refractivity contribution in [1.82, 2.24) is 25.8 Å². The van der Waals surface area contributed by atoms with Gasteiger partial charge in [-0.1, -0.05) is 5.16 Å². The monoisotopic (exact) mass is 397 g/mol. The van der Waals surface area contributed by atoms with Crippen LogP contribution < -0.4 is 20.1 Å². The van der Waals surface area contributed by atoms with E-state index in [4.69, 9.17) is 14.0 Å². The number of pyridine rings is 2. The average Bonchev–Trinajstić information content (AvgIpc) is 3.18. The number of hydrogen-bond donors (Lipinski definition) is 2. The molecule has 3 rings (SSSR count). The molecule has 0 unspecified atom stereocenters. The van der Waals surface area contributed by atoms with Crippen LogP contribution in [0.3, 0.4) is 0 Å². The van der Waals surface area contributed by atoms with Crippen LogP contribution >= 0.6 is 0 Å². The first-order chi connectivity index (χ1) is 14.0. The SMILES string of the molecule is CNC(=O)NCCc1cc(-c2ccc(Oc3ccc(OC(C)C)nc3)nc2)no1. The lowest BCUT2D eigenvalue weighted by atomic mass is 10.2. The molecule has 0 aliphatic carbocycles. The number of nitrogens with zero attached hydrogens (tertiary/aromatic N) is 3. The molecule has 0 aliphatic heterocycles. The minimum Gasteiger partial charge on any atom is -0.475 e. The van der Waals surface area contributed by atoms with E-state index in [2.05, 4.69) is 25.8 Å². The number of urea groups is 1. The van der Waals surface area contributed by atoms with Gasteiger partial charge in [0.1, 0.15) is 17.2 Å². The Hall–Kier alpha value is -3.62. The molecule has 0 atom stereocenters. The fraction of sp³-hybridized carbons (Fsp3) is 0.300. The summed E-state index contributed by atoms with van der Waals surface area (Å²) in [6.45, 7) is 4.34. The first-order valence-electron chi connectivity index (χ1n) is 9.21. The Balaban J connectivity index is 1.57. The van der Waals surface area contributed by atoms with E-state index in [-0.39, 0.29) is 12.1 Å². The smallest absolute Gasteiger partial charge is 0.314 e. The lowest BCUT2D eigenvalue weighted by Crippen LogP contribution is -2.33. The number of carbonyl (C=O) groups is 1. The van der Waals surface area contributed by atoms with Crippen molar-refractivity contribution in [1.29, 1.82) is 0 Å². The summed E-state index contributed by atoms with van der Waals surface area (Å²) in [6, 6.07) is 8.70. The Morgan fingerprint density at radius 3 is 2.59 bits per heavy atom. The zero-order valence-electron chi connectivity index (χ0n) is 16.5. The molecule has 0 aromatic carbocycles. The highest BCUT2D eigenvalue weighted by atomic mass is 16.5. The topological polar surface area (TPSA) is 111 Å². The van der Waals surface area contributed by atoms with Crippen LogP contribution in [0.2, 0.25) is 0 Å². The minimum absolute atomic E-state index is 0.0626. The molecule has 9 nitrogen and oxygen atoms in total. The van der Waals surface area contributed by atoms with E-state index < -0.39 is 0 Å². The quantitative estimate of drug-likeness (QED) is 0.600. The Bertz CT molecular complexity index is 923. The Morgan fingerprint density at radius 1 is 1.14 bits per heavy atom. The van der Waals surface area contributed by atoms with Gasteiger partial charge in [0.15, 0.2) is 0 Å². The molecule has 0 aliphatic rings. The molecule has 3 aromatic rings. The second-order valence-corrected chi connectivity index (χ2v) is 6.42. The molecule has 9 heteroatoms. The summed E-state index contributed by atoms with van der Waals surface area (Å²) in [7, 11) is 1.56. The van der Waals surface area contributed by atoms with Crippen LogP contribution in [-0.4, -0.2) is 40.9 Å². The van der Waals surface area contributed by atoms with Gasteiger partial charge in [-0.15, -0.1) is 0 Å². The Labute approximate surface area is 168 Å². The van der Waals surface area contributed by atoms with Gasteiger partial charge in [0.2, 0.25) is 11.8 Å². The van der Waals surface area contributed by atoms with Crippen molar-refractivity contribution in [3.8, 4) is 28.8 Å². The second-order valence-electron chi connectivity index (χ2n) is 6.42. The van der Waals surface area contributed by atoms with Crippen molar-refractivity contribution in [2.24, 2.45) is 0 Å². The van der Waals surface area contributed by atoms with Crippen molar-refractivity contribution in [3.63, 3.8) is 0 Å². The maximum Gasteiger partial charge on any atom is 0.314 e. The summed E-state index contributed by atoms with van der Waals surface area (Å²) >= 11 is 0. The molecule has 3 heterocycles. The maximum atomic E-state index is 11.2. The maximum absolute atomic E-state index is 11.2. The summed E-state index contributed by atoms with van der Waals surface area (Å²) < 4.78 is 16.5. The zero-order chi connectivity index (χ0) is 20.6. The van der Waals surface area contributed by atoms with Gasteiger partial charge in [0, 0.05) is 50.0 Å². The zero-order valence-corrected chi connectivity index (χ0v) is 16.5. The number of rotatable bonds is 8. The molecule has 0 bridgehead atoms. The van der Waals surface area contributed by atoms with E-state index in [1.165, 1.54) is 0 Å². The van der Waals surface area contributed by atoms with Gasteiger partial charge in [0.25, 0.3) is 0 Å². The third-order valence-corrected chi connectivity index (χ3v) is 3.76. The molecule has 3 aromatic heterocycles. The van der Waals surface area contributed by atoms with E-state index in [1.807, 2.05) is 26.0 Å². The molecule has 152 valence electrons. The summed E-state index contributed by atoms with van der Waals surface area (Å²) in [5.41, 5.74) is 1.46. The van der Waals surface area contributed by atoms with Crippen molar-refractivity contribution in [3.05, 3.63) is 48.5 Å². The fourth-order valence-corrected chi connectivity index (χ4v) is 2.41. The van der Waals surface area contributed by atoms with Crippen molar-refractivity contribution >= 4 is 6.03 Å². The molecule has 0 radical (unpaired) electrons. The van der Waals surface area contributed by atoms with E-state index in [1.54, 1.807) is 37.6 Å². The molecular formula is C20H23N5O4. The first kappa shape index (κ1) is 20.1. The highest BCUT2D eigenvalue weighted by Crippen LogP contribution is 2.24. The molecular weight excluding hydrogens is 374 g/mol. The fourth-order valence-electron chi connectivity index (χ4n) is 2.41. The largest absolute Gasteiger partial charge is 0.475 e. The molecule has 0 saturated carbocycles. The summed E-state index contributed by atoms with van der Waals surface area (Å²) in [4.78, 5) is 19.6. The molecule has 0 spiro atoms. The number of aromatic nitrogens is 3. The highest BCUT2D eigenvalue weighted by Gasteiger charge is 2.09. The van der Waals surface area contributed by atoms with Gasteiger partial charge in [-0.25, -0.2) is 14.8 Å². The van der Waals surface area contributed by atoms with Crippen molar-refractivity contribution in [2.75, 3.05) is 13.6 Å². The molecule has 29 heavy (non-hydrogen) atoms. The van der Waals surface area contributed by atoms with Crippen LogP contribution in [0.25, 0.3) is 11.3 Å². The average molecular weight is 397 g/mol. The van der Waals surface area contributed by atoms with Gasteiger partial charge in [-0.05, 0) is 26.0 Å². The lowest BCUT2D eigenvalue weighted by molar-refractivity contribution is 0.232. The number of hydrogen-bond acceptors (Lipinski definition) is 7. The number of nitrogens with one attached hydrogen (secondary N) is 2. The summed E-state index contributed by atoms with van der Waals surface area (Å²) in [5, 5.41) is 9.22. The van der Waals surface area contributed by atoms with Gasteiger partial charge in [-0.3, -0.25) is 0 Å². The standard InChI is InChI=1S/C20H23N5O4/c1-13(2)27-18-7-5-16(12-24-18)28-19-6-4-14(11-23-19)17-10-15(29-25-17)8-9-22-20(26)21-3/h4-7,10-13H,8-9H2,1-3H3,(H2,21,22,26). The first-order valence-corrected chi connectivity index (χ1v) is 9.21. The van der Waals surface area contributed by atoms with Crippen LogP contribution in [-0.2, 0) is 6.42 Å². The van der Waals surface area contributed by atoms with Crippen LogP contribution in [0, 0.1) is 0 Å². The van der Waals surface area contributed by atoms with Crippen LogP contribution in [0.4, 0.5) is 4.79 Å². The van der Waals surface area contributed by atoms with E-state index in [0.29, 0.717) is 41.9 Å². The number of carbonyl (C=O) groups excluding carboxylic acids is 1. The highest BCUT2D eigenvalue weighted by molar-refractivity contribution is 5.73. The third-order valence-electron chi connectivity index (χ3n) is 3.76. The minimum atomic E-state index is -0.234. The van der Waals surface area contributed by atoms with Crippen LogP contribution in [0.5, 0.6) is 17.5 Å². The number of amides is 2. The molecule has 0 fully saturated rings. The summed E-state index contributed by atoms with van der Waals surface area (Å²) in [6.07, 6.45) is 3.85. The van der Waals surface area contributed by atoms with Crippen molar-refractivity contribution in [2.45, 2.75) is 26.4 Å².